The highest BCUT2D eigenvalue weighted by atomic mass is 32.2. The fourth-order valence-electron chi connectivity index (χ4n) is 0.615. The van der Waals surface area contributed by atoms with Gasteiger partial charge in [-0.1, -0.05) is 0 Å². The predicted molar refractivity (Wildman–Crippen MR) is 54.8 cm³/mol. The van der Waals surface area contributed by atoms with Crippen LogP contribution in [0.1, 0.15) is 20.3 Å². The average molecular weight is 204 g/mol. The van der Waals surface area contributed by atoms with Gasteiger partial charge in [-0.2, -0.15) is 0 Å². The van der Waals surface area contributed by atoms with Gasteiger partial charge in [-0.25, -0.2) is 0 Å². The van der Waals surface area contributed by atoms with Crippen LogP contribution in [0.5, 0.6) is 0 Å². The van der Waals surface area contributed by atoms with Crippen molar-refractivity contribution in [3.63, 3.8) is 0 Å². The lowest BCUT2D eigenvalue weighted by Crippen LogP contribution is -2.11. The van der Waals surface area contributed by atoms with E-state index in [0.717, 1.165) is 0 Å². The first kappa shape index (κ1) is 12.3. The number of esters is 1. The molecule has 4 nitrogen and oxygen atoms in total. The number of rotatable bonds is 5. The topological polar surface area (TPSA) is 78.3 Å². The maximum absolute atomic E-state index is 10.9. The molecule has 13 heavy (non-hydrogen) atoms. The van der Waals surface area contributed by atoms with Crippen LogP contribution in [0.15, 0.2) is 11.1 Å². The third kappa shape index (κ3) is 7.67. The predicted octanol–water partition coefficient (Wildman–Crippen LogP) is 0.778. The Kier molecular flexibility index (Phi) is 6.44. The smallest absolute Gasteiger partial charge is 0.311 e. The van der Waals surface area contributed by atoms with E-state index >= 15 is 0 Å². The molecule has 0 aliphatic rings. The van der Waals surface area contributed by atoms with Gasteiger partial charge in [-0.05, 0) is 19.3 Å². The molecule has 4 N–H and O–H groups in total. The van der Waals surface area contributed by atoms with Crippen molar-refractivity contribution in [2.75, 3.05) is 6.61 Å². The van der Waals surface area contributed by atoms with E-state index in [9.17, 15) is 4.79 Å². The third-order valence-electron chi connectivity index (χ3n) is 1.09. The Labute approximate surface area is 82.7 Å². The Morgan fingerprint density at radius 1 is 1.69 bits per heavy atom. The number of carbonyl (C=O) groups is 1. The van der Waals surface area contributed by atoms with Gasteiger partial charge in [0.15, 0.2) is 0 Å². The largest absolute Gasteiger partial charge is 0.466 e. The summed E-state index contributed by atoms with van der Waals surface area (Å²) in [6, 6.07) is 0. The Balaban J connectivity index is 3.77. The first-order valence-corrected chi connectivity index (χ1v) is 5.01. The van der Waals surface area contributed by atoms with Gasteiger partial charge in [0, 0.05) is 5.70 Å². The monoisotopic (exact) mass is 204 g/mol. The number of carbonyl (C=O) groups excluding carboxylic acids is 1. The summed E-state index contributed by atoms with van der Waals surface area (Å²) in [7, 11) is 0. The molecule has 0 fully saturated rings. The number of nitrogens with two attached hydrogens (primary N) is 2. The second-order valence-electron chi connectivity index (χ2n) is 2.52. The van der Waals surface area contributed by atoms with Crippen molar-refractivity contribution in [3.05, 3.63) is 11.1 Å². The SMILES string of the molecule is CCOC(=O)CC(N)=CSC(C)N. The molecule has 0 amide bonds. The van der Waals surface area contributed by atoms with Gasteiger partial charge in [-0.3, -0.25) is 4.79 Å². The third-order valence-corrected chi connectivity index (χ3v) is 1.96. The summed E-state index contributed by atoms with van der Waals surface area (Å²) < 4.78 is 4.72. The van der Waals surface area contributed by atoms with Crippen LogP contribution in [0.3, 0.4) is 0 Å². The Bertz CT molecular complexity index is 193. The van der Waals surface area contributed by atoms with Crippen LogP contribution in [-0.4, -0.2) is 18.0 Å². The molecule has 0 aliphatic heterocycles. The van der Waals surface area contributed by atoms with Crippen molar-refractivity contribution in [2.45, 2.75) is 25.6 Å². The summed E-state index contributed by atoms with van der Waals surface area (Å²) in [4.78, 5) is 10.9. The molecule has 0 spiro atoms. The summed E-state index contributed by atoms with van der Waals surface area (Å²) in [5.41, 5.74) is 11.5. The molecule has 0 aromatic heterocycles. The molecule has 0 saturated carbocycles. The molecule has 0 saturated heterocycles. The van der Waals surface area contributed by atoms with E-state index in [0.29, 0.717) is 12.3 Å². The Morgan fingerprint density at radius 2 is 2.31 bits per heavy atom. The fraction of sp³-hybridized carbons (Fsp3) is 0.625. The molecular formula is C8H16N2O2S. The minimum atomic E-state index is -0.304. The van der Waals surface area contributed by atoms with E-state index in [1.807, 2.05) is 6.92 Å². The van der Waals surface area contributed by atoms with Crippen LogP contribution in [0.2, 0.25) is 0 Å². The van der Waals surface area contributed by atoms with E-state index in [4.69, 9.17) is 16.2 Å². The number of hydrogen-bond donors (Lipinski definition) is 2. The zero-order valence-corrected chi connectivity index (χ0v) is 8.76. The Hall–Kier alpha value is -0.680. The summed E-state index contributed by atoms with van der Waals surface area (Å²) in [6.45, 7) is 3.99. The van der Waals surface area contributed by atoms with Crippen molar-refractivity contribution < 1.29 is 9.53 Å². The molecular weight excluding hydrogens is 188 g/mol. The van der Waals surface area contributed by atoms with Gasteiger partial charge in [0.25, 0.3) is 0 Å². The van der Waals surface area contributed by atoms with Crippen LogP contribution >= 0.6 is 11.8 Å². The lowest BCUT2D eigenvalue weighted by atomic mass is 10.3. The van der Waals surface area contributed by atoms with Crippen LogP contribution in [0.25, 0.3) is 0 Å². The van der Waals surface area contributed by atoms with Crippen LogP contribution < -0.4 is 11.5 Å². The van der Waals surface area contributed by atoms with Gasteiger partial charge in [0.1, 0.15) is 0 Å². The van der Waals surface area contributed by atoms with Crippen molar-refractivity contribution >= 4 is 17.7 Å². The molecule has 0 aliphatic carbocycles. The minimum absolute atomic E-state index is 0.0132. The average Bonchev–Trinajstić information content (AvgIpc) is 2.01. The summed E-state index contributed by atoms with van der Waals surface area (Å²) >= 11 is 1.38. The summed E-state index contributed by atoms with van der Waals surface area (Å²) in [5.74, 6) is -0.304. The first-order valence-electron chi connectivity index (χ1n) is 4.07. The quantitative estimate of drug-likeness (QED) is 0.511. The summed E-state index contributed by atoms with van der Waals surface area (Å²) in [6.07, 6.45) is 0.132. The number of hydrogen-bond acceptors (Lipinski definition) is 5. The standard InChI is InChI=1S/C8H16N2O2S/c1-3-12-8(11)4-7(10)5-13-6(2)9/h5-6H,3-4,9-10H2,1-2H3. The lowest BCUT2D eigenvalue weighted by Gasteiger charge is -2.03. The molecule has 76 valence electrons. The molecule has 1 unspecified atom stereocenters. The zero-order chi connectivity index (χ0) is 10.3. The number of thioether (sulfide) groups is 1. The second-order valence-corrected chi connectivity index (χ2v) is 3.77. The lowest BCUT2D eigenvalue weighted by molar-refractivity contribution is -0.142. The Morgan fingerprint density at radius 3 is 2.77 bits per heavy atom. The molecule has 1 atom stereocenters. The van der Waals surface area contributed by atoms with Crippen LogP contribution in [-0.2, 0) is 9.53 Å². The van der Waals surface area contributed by atoms with Crippen LogP contribution in [0, 0.1) is 0 Å². The van der Waals surface area contributed by atoms with Gasteiger partial charge in [0.05, 0.1) is 18.4 Å². The van der Waals surface area contributed by atoms with Gasteiger partial charge >= 0.3 is 5.97 Å². The summed E-state index contributed by atoms with van der Waals surface area (Å²) in [5, 5.41) is 1.67. The zero-order valence-electron chi connectivity index (χ0n) is 7.95. The van der Waals surface area contributed by atoms with Crippen molar-refractivity contribution in [1.82, 2.24) is 0 Å². The van der Waals surface area contributed by atoms with Crippen molar-refractivity contribution in [3.8, 4) is 0 Å². The molecule has 0 bridgehead atoms. The first-order chi connectivity index (χ1) is 6.06. The second kappa shape index (κ2) is 6.80. The molecule has 0 aromatic rings. The van der Waals surface area contributed by atoms with E-state index in [-0.39, 0.29) is 17.8 Å². The molecule has 0 radical (unpaired) electrons. The van der Waals surface area contributed by atoms with Gasteiger partial charge in [0.2, 0.25) is 0 Å². The molecule has 0 heterocycles. The highest BCUT2D eigenvalue weighted by Gasteiger charge is 2.03. The minimum Gasteiger partial charge on any atom is -0.466 e. The maximum atomic E-state index is 10.9. The van der Waals surface area contributed by atoms with Gasteiger partial charge in [-0.15, -0.1) is 11.8 Å². The van der Waals surface area contributed by atoms with E-state index in [1.165, 1.54) is 11.8 Å². The van der Waals surface area contributed by atoms with E-state index in [1.54, 1.807) is 12.3 Å². The van der Waals surface area contributed by atoms with Crippen molar-refractivity contribution in [1.29, 1.82) is 0 Å². The van der Waals surface area contributed by atoms with Crippen LogP contribution in [0.4, 0.5) is 0 Å². The normalized spacial score (nSPS) is 13.9. The highest BCUT2D eigenvalue weighted by molar-refractivity contribution is 8.02. The molecule has 5 heteroatoms. The highest BCUT2D eigenvalue weighted by Crippen LogP contribution is 2.09. The maximum Gasteiger partial charge on any atom is 0.311 e. The molecule has 0 rings (SSSR count). The fourth-order valence-corrected chi connectivity index (χ4v) is 1.09. The van der Waals surface area contributed by atoms with E-state index in [2.05, 4.69) is 0 Å². The number of ether oxygens (including phenoxy) is 1. The van der Waals surface area contributed by atoms with E-state index < -0.39 is 0 Å². The molecule has 0 aromatic carbocycles. The van der Waals surface area contributed by atoms with Gasteiger partial charge < -0.3 is 16.2 Å². The van der Waals surface area contributed by atoms with Crippen molar-refractivity contribution in [2.24, 2.45) is 11.5 Å².